The predicted octanol–water partition coefficient (Wildman–Crippen LogP) is 0.878. The summed E-state index contributed by atoms with van der Waals surface area (Å²) in [5, 5.41) is 5.00. The zero-order valence-electron chi connectivity index (χ0n) is 10.1. The van der Waals surface area contributed by atoms with Gasteiger partial charge in [0, 0.05) is 17.8 Å². The molecule has 0 aromatic heterocycles. The van der Waals surface area contributed by atoms with E-state index in [-0.39, 0.29) is 12.8 Å². The van der Waals surface area contributed by atoms with E-state index in [9.17, 15) is 9.59 Å². The van der Waals surface area contributed by atoms with Crippen LogP contribution in [0.4, 0.5) is 5.69 Å². The molecule has 1 aliphatic heterocycles. The second kappa shape index (κ2) is 4.95. The molecule has 0 fully saturated rings. The largest absolute Gasteiger partial charge is 0.454 e. The predicted molar refractivity (Wildman–Crippen MR) is 64.5 cm³/mol. The molecule has 0 atom stereocenters. The average Bonchev–Trinajstić information content (AvgIpc) is 2.75. The summed E-state index contributed by atoms with van der Waals surface area (Å²) in [6.45, 7) is 3.73. The third-order valence-corrected chi connectivity index (χ3v) is 2.26. The Bertz CT molecular complexity index is 485. The van der Waals surface area contributed by atoms with Crippen LogP contribution in [0.3, 0.4) is 0 Å². The van der Waals surface area contributed by atoms with Crippen LogP contribution in [0.2, 0.25) is 0 Å². The Morgan fingerprint density at radius 1 is 1.17 bits per heavy atom. The second-order valence-corrected chi connectivity index (χ2v) is 4.15. The Balaban J connectivity index is 2.01. The van der Waals surface area contributed by atoms with E-state index in [2.05, 4.69) is 10.6 Å². The Kier molecular flexibility index (Phi) is 3.36. The van der Waals surface area contributed by atoms with Gasteiger partial charge in [-0.3, -0.25) is 9.59 Å². The maximum atomic E-state index is 11.6. The van der Waals surface area contributed by atoms with Crippen LogP contribution in [0.1, 0.15) is 13.8 Å². The number of ether oxygens (including phenoxy) is 2. The van der Waals surface area contributed by atoms with Gasteiger partial charge in [-0.2, -0.15) is 0 Å². The van der Waals surface area contributed by atoms with E-state index >= 15 is 0 Å². The topological polar surface area (TPSA) is 76.7 Å². The summed E-state index contributed by atoms with van der Waals surface area (Å²) in [6.07, 6.45) is 0. The first kappa shape index (κ1) is 12.2. The SMILES string of the molecule is CC(C)NC(=O)C(=O)Nc1ccc2c(c1)OCO2. The summed E-state index contributed by atoms with van der Waals surface area (Å²) in [5.74, 6) is -0.193. The first-order valence-corrected chi connectivity index (χ1v) is 5.58. The van der Waals surface area contributed by atoms with Crippen LogP contribution in [0, 0.1) is 0 Å². The van der Waals surface area contributed by atoms with Crippen LogP contribution in [0.15, 0.2) is 18.2 Å². The molecular formula is C12H14N2O4. The second-order valence-electron chi connectivity index (χ2n) is 4.15. The number of carbonyl (C=O) groups is 2. The number of nitrogens with one attached hydrogen (secondary N) is 2. The van der Waals surface area contributed by atoms with Gasteiger partial charge in [0.2, 0.25) is 6.79 Å². The summed E-state index contributed by atoms with van der Waals surface area (Å²) >= 11 is 0. The van der Waals surface area contributed by atoms with Crippen LogP contribution in [-0.2, 0) is 9.59 Å². The molecule has 6 nitrogen and oxygen atoms in total. The normalized spacial score (nSPS) is 12.4. The van der Waals surface area contributed by atoms with Crippen molar-refractivity contribution in [1.82, 2.24) is 5.32 Å². The lowest BCUT2D eigenvalue weighted by atomic mass is 10.2. The number of hydrogen-bond acceptors (Lipinski definition) is 4. The molecule has 18 heavy (non-hydrogen) atoms. The molecule has 96 valence electrons. The molecule has 1 aromatic carbocycles. The third kappa shape index (κ3) is 2.71. The minimum absolute atomic E-state index is 0.0833. The highest BCUT2D eigenvalue weighted by Gasteiger charge is 2.17. The fourth-order valence-electron chi connectivity index (χ4n) is 1.49. The van der Waals surface area contributed by atoms with Gasteiger partial charge in [0.25, 0.3) is 0 Å². The summed E-state index contributed by atoms with van der Waals surface area (Å²) in [6, 6.07) is 4.86. The van der Waals surface area contributed by atoms with Gasteiger partial charge in [-0.05, 0) is 26.0 Å². The summed E-state index contributed by atoms with van der Waals surface area (Å²) in [4.78, 5) is 23.0. The van der Waals surface area contributed by atoms with Crippen molar-refractivity contribution >= 4 is 17.5 Å². The van der Waals surface area contributed by atoms with Gasteiger partial charge in [0.15, 0.2) is 11.5 Å². The maximum absolute atomic E-state index is 11.6. The van der Waals surface area contributed by atoms with E-state index in [1.807, 2.05) is 0 Å². The minimum atomic E-state index is -0.706. The number of benzene rings is 1. The number of hydrogen-bond donors (Lipinski definition) is 2. The minimum Gasteiger partial charge on any atom is -0.454 e. The lowest BCUT2D eigenvalue weighted by Crippen LogP contribution is -2.39. The first-order chi connectivity index (χ1) is 8.56. The lowest BCUT2D eigenvalue weighted by molar-refractivity contribution is -0.136. The lowest BCUT2D eigenvalue weighted by Gasteiger charge is -2.09. The molecule has 0 aliphatic carbocycles. The molecule has 2 N–H and O–H groups in total. The molecule has 6 heteroatoms. The van der Waals surface area contributed by atoms with E-state index < -0.39 is 11.8 Å². The van der Waals surface area contributed by atoms with E-state index in [1.54, 1.807) is 32.0 Å². The fraction of sp³-hybridized carbons (Fsp3) is 0.333. The molecule has 0 radical (unpaired) electrons. The van der Waals surface area contributed by atoms with Gasteiger partial charge >= 0.3 is 11.8 Å². The quantitative estimate of drug-likeness (QED) is 0.764. The van der Waals surface area contributed by atoms with E-state index in [0.717, 1.165) is 0 Å². The number of anilines is 1. The summed E-state index contributed by atoms with van der Waals surface area (Å²) in [5.41, 5.74) is 0.489. The van der Waals surface area contributed by atoms with Crippen LogP contribution < -0.4 is 20.1 Å². The van der Waals surface area contributed by atoms with Crippen molar-refractivity contribution in [3.05, 3.63) is 18.2 Å². The van der Waals surface area contributed by atoms with Gasteiger partial charge < -0.3 is 20.1 Å². The standard InChI is InChI=1S/C12H14N2O4/c1-7(2)13-11(15)12(16)14-8-3-4-9-10(5-8)18-6-17-9/h3-5,7H,6H2,1-2H3,(H,13,15)(H,14,16). The van der Waals surface area contributed by atoms with Crippen molar-refractivity contribution in [2.75, 3.05) is 12.1 Å². The highest BCUT2D eigenvalue weighted by atomic mass is 16.7. The summed E-state index contributed by atoms with van der Waals surface area (Å²) < 4.78 is 10.3. The third-order valence-electron chi connectivity index (χ3n) is 2.26. The zero-order valence-corrected chi connectivity index (χ0v) is 10.1. The van der Waals surface area contributed by atoms with Crippen LogP contribution in [0.25, 0.3) is 0 Å². The van der Waals surface area contributed by atoms with Crippen molar-refractivity contribution in [2.24, 2.45) is 0 Å². The monoisotopic (exact) mass is 250 g/mol. The molecule has 0 unspecified atom stereocenters. The molecule has 1 aliphatic rings. The average molecular weight is 250 g/mol. The van der Waals surface area contributed by atoms with E-state index in [0.29, 0.717) is 17.2 Å². The number of rotatable bonds is 2. The van der Waals surface area contributed by atoms with Gasteiger partial charge in [-0.1, -0.05) is 0 Å². The highest BCUT2D eigenvalue weighted by molar-refractivity contribution is 6.39. The molecule has 2 amide bonds. The van der Waals surface area contributed by atoms with Crippen molar-refractivity contribution in [2.45, 2.75) is 19.9 Å². The van der Waals surface area contributed by atoms with Gasteiger partial charge in [0.05, 0.1) is 0 Å². The van der Waals surface area contributed by atoms with E-state index in [1.165, 1.54) is 0 Å². The highest BCUT2D eigenvalue weighted by Crippen LogP contribution is 2.34. The summed E-state index contributed by atoms with van der Waals surface area (Å²) in [7, 11) is 0. The van der Waals surface area contributed by atoms with Gasteiger partial charge in [-0.15, -0.1) is 0 Å². The van der Waals surface area contributed by atoms with Crippen molar-refractivity contribution in [1.29, 1.82) is 0 Å². The number of carbonyl (C=O) groups excluding carboxylic acids is 2. The van der Waals surface area contributed by atoms with Crippen LogP contribution in [-0.4, -0.2) is 24.6 Å². The Morgan fingerprint density at radius 3 is 2.61 bits per heavy atom. The number of fused-ring (bicyclic) bond motifs is 1. The Labute approximate surface area is 104 Å². The zero-order chi connectivity index (χ0) is 13.1. The smallest absolute Gasteiger partial charge is 0.313 e. The molecule has 1 heterocycles. The number of amides is 2. The molecular weight excluding hydrogens is 236 g/mol. The van der Waals surface area contributed by atoms with Crippen LogP contribution >= 0.6 is 0 Å². The van der Waals surface area contributed by atoms with E-state index in [4.69, 9.17) is 9.47 Å². The van der Waals surface area contributed by atoms with Crippen molar-refractivity contribution in [3.63, 3.8) is 0 Å². The van der Waals surface area contributed by atoms with Crippen LogP contribution in [0.5, 0.6) is 11.5 Å². The molecule has 1 aromatic rings. The first-order valence-electron chi connectivity index (χ1n) is 5.58. The molecule has 0 saturated carbocycles. The van der Waals surface area contributed by atoms with Crippen molar-refractivity contribution < 1.29 is 19.1 Å². The molecule has 0 spiro atoms. The molecule has 2 rings (SSSR count). The van der Waals surface area contributed by atoms with Gasteiger partial charge in [-0.25, -0.2) is 0 Å². The molecule has 0 saturated heterocycles. The van der Waals surface area contributed by atoms with Crippen molar-refractivity contribution in [3.8, 4) is 11.5 Å². The Morgan fingerprint density at radius 2 is 1.89 bits per heavy atom. The Hall–Kier alpha value is -2.24. The maximum Gasteiger partial charge on any atom is 0.313 e. The fourth-order valence-corrected chi connectivity index (χ4v) is 1.49. The molecule has 0 bridgehead atoms. The van der Waals surface area contributed by atoms with Gasteiger partial charge in [0.1, 0.15) is 0 Å².